The molecule has 4 rings (SSSR count). The fourth-order valence-corrected chi connectivity index (χ4v) is 2.90. The highest BCUT2D eigenvalue weighted by Crippen LogP contribution is 2.25. The van der Waals surface area contributed by atoms with Crippen LogP contribution < -0.4 is 5.32 Å². The minimum Gasteiger partial charge on any atom is -0.352 e. The fourth-order valence-electron chi connectivity index (χ4n) is 2.90. The van der Waals surface area contributed by atoms with E-state index in [1.165, 1.54) is 22.9 Å². The van der Waals surface area contributed by atoms with Crippen LogP contribution >= 0.6 is 0 Å². The van der Waals surface area contributed by atoms with E-state index in [4.69, 9.17) is 4.98 Å². The third-order valence-electron chi connectivity index (χ3n) is 4.29. The van der Waals surface area contributed by atoms with Crippen molar-refractivity contribution < 1.29 is 4.39 Å². The van der Waals surface area contributed by atoms with Gasteiger partial charge in [0.15, 0.2) is 0 Å². The Kier molecular flexibility index (Phi) is 3.94. The Morgan fingerprint density at radius 3 is 2.52 bits per heavy atom. The second-order valence-corrected chi connectivity index (χ2v) is 6.10. The molecule has 4 aromatic rings. The van der Waals surface area contributed by atoms with Crippen LogP contribution in [0.2, 0.25) is 0 Å². The van der Waals surface area contributed by atoms with Gasteiger partial charge in [-0.1, -0.05) is 48.5 Å². The van der Waals surface area contributed by atoms with Crippen molar-refractivity contribution in [1.29, 1.82) is 0 Å². The Bertz CT molecular complexity index is 1020. The minimum atomic E-state index is -0.223. The molecule has 25 heavy (non-hydrogen) atoms. The molecule has 1 aromatic heterocycles. The van der Waals surface area contributed by atoms with E-state index in [1.54, 1.807) is 12.1 Å². The lowest BCUT2D eigenvalue weighted by Gasteiger charge is -2.05. The minimum absolute atomic E-state index is 0.223. The van der Waals surface area contributed by atoms with Crippen LogP contribution in [0.5, 0.6) is 0 Å². The number of benzene rings is 3. The van der Waals surface area contributed by atoms with E-state index in [2.05, 4.69) is 35.6 Å². The van der Waals surface area contributed by atoms with Gasteiger partial charge in [0.25, 0.3) is 0 Å². The number of nitrogens with one attached hydrogen (secondary N) is 1. The molecule has 0 amide bonds. The van der Waals surface area contributed by atoms with Gasteiger partial charge in [0.05, 0.1) is 5.69 Å². The average molecular weight is 331 g/mol. The number of imidazole rings is 1. The number of anilines is 1. The van der Waals surface area contributed by atoms with Crippen molar-refractivity contribution in [2.24, 2.45) is 7.05 Å². The van der Waals surface area contributed by atoms with Gasteiger partial charge in [-0.25, -0.2) is 9.37 Å². The van der Waals surface area contributed by atoms with E-state index in [-0.39, 0.29) is 5.82 Å². The number of nitrogens with zero attached hydrogens (tertiary/aromatic N) is 2. The molecular weight excluding hydrogens is 313 g/mol. The first-order valence-corrected chi connectivity index (χ1v) is 8.20. The Hall–Kier alpha value is -3.14. The molecule has 1 heterocycles. The topological polar surface area (TPSA) is 29.9 Å². The molecule has 0 atom stereocenters. The van der Waals surface area contributed by atoms with Gasteiger partial charge in [0.1, 0.15) is 5.82 Å². The molecule has 0 unspecified atom stereocenters. The number of fused-ring (bicyclic) bond motifs is 1. The summed E-state index contributed by atoms with van der Waals surface area (Å²) in [5.74, 6) is 0.562. The maximum atomic E-state index is 13.0. The molecular formula is C21H18FN3. The first-order chi connectivity index (χ1) is 12.2. The highest BCUT2D eigenvalue weighted by Gasteiger charge is 2.08. The molecule has 0 saturated carbocycles. The molecule has 0 radical (unpaired) electrons. The predicted octanol–water partition coefficient (Wildman–Crippen LogP) is 4.99. The number of rotatable bonds is 4. The van der Waals surface area contributed by atoms with Gasteiger partial charge in [-0.15, -0.1) is 0 Å². The third kappa shape index (κ3) is 3.24. The molecule has 1 N–H and O–H groups in total. The second-order valence-electron chi connectivity index (χ2n) is 6.10. The van der Waals surface area contributed by atoms with E-state index < -0.39 is 0 Å². The first-order valence-electron chi connectivity index (χ1n) is 8.20. The van der Waals surface area contributed by atoms with Gasteiger partial charge in [0.2, 0.25) is 5.95 Å². The number of halogens is 1. The van der Waals surface area contributed by atoms with Crippen LogP contribution in [0.3, 0.4) is 0 Å². The van der Waals surface area contributed by atoms with Crippen LogP contribution in [0.1, 0.15) is 5.56 Å². The van der Waals surface area contributed by atoms with Crippen LogP contribution in [-0.4, -0.2) is 9.55 Å². The normalized spacial score (nSPS) is 11.0. The lowest BCUT2D eigenvalue weighted by Crippen LogP contribution is -2.04. The molecule has 3 aromatic carbocycles. The van der Waals surface area contributed by atoms with Crippen molar-refractivity contribution >= 4 is 16.7 Å². The van der Waals surface area contributed by atoms with Gasteiger partial charge in [-0.05, 0) is 34.5 Å². The first kappa shape index (κ1) is 15.4. The molecule has 0 fully saturated rings. The maximum Gasteiger partial charge on any atom is 0.203 e. The Morgan fingerprint density at radius 1 is 0.960 bits per heavy atom. The standard InChI is InChI=1S/C21H18FN3/c1-25-14-20(18-9-8-16-4-2-3-5-17(16)12-18)24-21(25)23-13-15-6-10-19(22)11-7-15/h2-12,14H,13H2,1H3,(H,23,24). The number of hydrogen-bond donors (Lipinski definition) is 1. The summed E-state index contributed by atoms with van der Waals surface area (Å²) in [6.45, 7) is 0.599. The average Bonchev–Trinajstić information content (AvgIpc) is 3.02. The van der Waals surface area contributed by atoms with E-state index in [0.717, 1.165) is 22.8 Å². The summed E-state index contributed by atoms with van der Waals surface area (Å²) < 4.78 is 14.9. The molecule has 124 valence electrons. The Balaban J connectivity index is 1.57. The summed E-state index contributed by atoms with van der Waals surface area (Å²) in [6, 6.07) is 21.1. The van der Waals surface area contributed by atoms with E-state index >= 15 is 0 Å². The molecule has 0 spiro atoms. The third-order valence-corrected chi connectivity index (χ3v) is 4.29. The second kappa shape index (κ2) is 6.40. The molecule has 4 heteroatoms. The van der Waals surface area contributed by atoms with Crippen LogP contribution in [0.15, 0.2) is 72.9 Å². The zero-order valence-corrected chi connectivity index (χ0v) is 13.9. The summed E-state index contributed by atoms with van der Waals surface area (Å²) >= 11 is 0. The number of aryl methyl sites for hydroxylation is 1. The lowest BCUT2D eigenvalue weighted by atomic mass is 10.1. The quantitative estimate of drug-likeness (QED) is 0.571. The van der Waals surface area contributed by atoms with Crippen molar-refractivity contribution in [1.82, 2.24) is 9.55 Å². The number of hydrogen-bond acceptors (Lipinski definition) is 2. The van der Waals surface area contributed by atoms with Crippen molar-refractivity contribution in [2.45, 2.75) is 6.54 Å². The summed E-state index contributed by atoms with van der Waals surface area (Å²) in [5.41, 5.74) is 3.02. The predicted molar refractivity (Wildman–Crippen MR) is 99.9 cm³/mol. The molecule has 3 nitrogen and oxygen atoms in total. The van der Waals surface area contributed by atoms with Crippen LogP contribution in [0, 0.1) is 5.82 Å². The van der Waals surface area contributed by atoms with Crippen LogP contribution in [0.4, 0.5) is 10.3 Å². The van der Waals surface area contributed by atoms with E-state index in [0.29, 0.717) is 6.54 Å². The monoisotopic (exact) mass is 331 g/mol. The largest absolute Gasteiger partial charge is 0.352 e. The fraction of sp³-hybridized carbons (Fsp3) is 0.0952. The van der Waals surface area contributed by atoms with Gasteiger partial charge in [0, 0.05) is 25.4 Å². The zero-order valence-electron chi connectivity index (χ0n) is 13.9. The maximum absolute atomic E-state index is 13.0. The molecule has 0 bridgehead atoms. The molecule has 0 aliphatic heterocycles. The van der Waals surface area contributed by atoms with E-state index in [1.807, 2.05) is 29.9 Å². The van der Waals surface area contributed by atoms with Crippen LogP contribution in [-0.2, 0) is 13.6 Å². The SMILES string of the molecule is Cn1cc(-c2ccc3ccccc3c2)nc1NCc1ccc(F)cc1. The summed E-state index contributed by atoms with van der Waals surface area (Å²) in [6.07, 6.45) is 2.01. The lowest BCUT2D eigenvalue weighted by molar-refractivity contribution is 0.627. The van der Waals surface area contributed by atoms with Gasteiger partial charge in [-0.2, -0.15) is 0 Å². The zero-order chi connectivity index (χ0) is 17.2. The molecule has 0 saturated heterocycles. The Labute approximate surface area is 145 Å². The van der Waals surface area contributed by atoms with Gasteiger partial charge < -0.3 is 9.88 Å². The van der Waals surface area contributed by atoms with Gasteiger partial charge in [-0.3, -0.25) is 0 Å². The highest BCUT2D eigenvalue weighted by atomic mass is 19.1. The van der Waals surface area contributed by atoms with E-state index in [9.17, 15) is 4.39 Å². The summed E-state index contributed by atoms with van der Waals surface area (Å²) in [4.78, 5) is 4.70. The molecule has 0 aliphatic carbocycles. The summed E-state index contributed by atoms with van der Waals surface area (Å²) in [7, 11) is 1.96. The van der Waals surface area contributed by atoms with Crippen molar-refractivity contribution in [3.8, 4) is 11.3 Å². The Morgan fingerprint density at radius 2 is 1.72 bits per heavy atom. The van der Waals surface area contributed by atoms with Crippen molar-refractivity contribution in [3.05, 3.63) is 84.3 Å². The van der Waals surface area contributed by atoms with Crippen LogP contribution in [0.25, 0.3) is 22.0 Å². The smallest absolute Gasteiger partial charge is 0.203 e. The van der Waals surface area contributed by atoms with Crippen molar-refractivity contribution in [3.63, 3.8) is 0 Å². The molecule has 0 aliphatic rings. The van der Waals surface area contributed by atoms with Crippen molar-refractivity contribution in [2.75, 3.05) is 5.32 Å². The highest BCUT2D eigenvalue weighted by molar-refractivity contribution is 5.86. The van der Waals surface area contributed by atoms with Gasteiger partial charge >= 0.3 is 0 Å². The summed E-state index contributed by atoms with van der Waals surface area (Å²) in [5, 5.41) is 5.73. The number of aromatic nitrogens is 2.